The fourth-order valence-corrected chi connectivity index (χ4v) is 3.41. The topological polar surface area (TPSA) is 45.1 Å². The van der Waals surface area contributed by atoms with Gasteiger partial charge in [0.25, 0.3) is 0 Å². The summed E-state index contributed by atoms with van der Waals surface area (Å²) in [4.78, 5) is 4.42. The van der Waals surface area contributed by atoms with Gasteiger partial charge in [-0.2, -0.15) is 0 Å². The number of thiophene rings is 1. The van der Waals surface area contributed by atoms with E-state index in [1.165, 1.54) is 10.1 Å². The zero-order valence-electron chi connectivity index (χ0n) is 10.3. The molecule has 0 saturated heterocycles. The smallest absolute Gasteiger partial charge is 0.134 e. The van der Waals surface area contributed by atoms with E-state index in [0.29, 0.717) is 5.92 Å². The van der Waals surface area contributed by atoms with E-state index in [-0.39, 0.29) is 6.10 Å². The monoisotopic (exact) mass is 262 g/mol. The van der Waals surface area contributed by atoms with Crippen LogP contribution in [0.2, 0.25) is 0 Å². The van der Waals surface area contributed by atoms with Crippen LogP contribution in [-0.2, 0) is 0 Å². The van der Waals surface area contributed by atoms with E-state index < -0.39 is 0 Å². The third-order valence-electron chi connectivity index (χ3n) is 3.75. The summed E-state index contributed by atoms with van der Waals surface area (Å²) < 4.78 is 1.28. The summed E-state index contributed by atoms with van der Waals surface area (Å²) >= 11 is 1.75. The van der Waals surface area contributed by atoms with Gasteiger partial charge in [-0.1, -0.05) is 0 Å². The predicted molar refractivity (Wildman–Crippen MR) is 76.1 cm³/mol. The van der Waals surface area contributed by atoms with Crippen molar-refractivity contribution in [3.63, 3.8) is 0 Å². The van der Waals surface area contributed by atoms with Crippen LogP contribution in [0.15, 0.2) is 23.7 Å². The van der Waals surface area contributed by atoms with Crippen LogP contribution in [0, 0.1) is 5.92 Å². The molecule has 2 aromatic heterocycles. The van der Waals surface area contributed by atoms with E-state index in [4.69, 9.17) is 0 Å². The van der Waals surface area contributed by atoms with Gasteiger partial charge in [0.05, 0.1) is 6.10 Å². The molecule has 1 aliphatic rings. The maximum atomic E-state index is 9.49. The van der Waals surface area contributed by atoms with Gasteiger partial charge in [0.1, 0.15) is 5.82 Å². The molecule has 1 saturated carbocycles. The van der Waals surface area contributed by atoms with Crippen LogP contribution < -0.4 is 5.32 Å². The molecule has 4 heteroatoms. The fourth-order valence-electron chi connectivity index (χ4n) is 2.63. The molecule has 3 rings (SSSR count). The van der Waals surface area contributed by atoms with Crippen molar-refractivity contribution in [1.29, 1.82) is 0 Å². The molecular weight excluding hydrogens is 244 g/mol. The van der Waals surface area contributed by atoms with Gasteiger partial charge < -0.3 is 10.4 Å². The molecule has 18 heavy (non-hydrogen) atoms. The van der Waals surface area contributed by atoms with Crippen LogP contribution in [0.4, 0.5) is 5.82 Å². The molecule has 0 radical (unpaired) electrons. The summed E-state index contributed by atoms with van der Waals surface area (Å²) in [6.07, 6.45) is 5.93. The Morgan fingerprint density at radius 1 is 1.28 bits per heavy atom. The Morgan fingerprint density at radius 2 is 2.11 bits per heavy atom. The molecule has 0 amide bonds. The van der Waals surface area contributed by atoms with Crippen molar-refractivity contribution >= 4 is 27.2 Å². The maximum absolute atomic E-state index is 9.49. The van der Waals surface area contributed by atoms with E-state index in [1.54, 1.807) is 11.3 Å². The van der Waals surface area contributed by atoms with Crippen LogP contribution in [0.3, 0.4) is 0 Å². The summed E-state index contributed by atoms with van der Waals surface area (Å²) in [5, 5.41) is 16.3. The summed E-state index contributed by atoms with van der Waals surface area (Å²) in [6, 6.07) is 4.18. The molecule has 0 unspecified atom stereocenters. The van der Waals surface area contributed by atoms with Gasteiger partial charge in [-0.05, 0) is 49.1 Å². The van der Waals surface area contributed by atoms with Gasteiger partial charge in [0.2, 0.25) is 0 Å². The zero-order chi connectivity index (χ0) is 12.4. The first-order valence-corrected chi connectivity index (χ1v) is 7.45. The number of fused-ring (bicyclic) bond motifs is 1. The standard InChI is InChI=1S/C14H18N2OS/c17-11-3-1-10(2-4-11)9-16-14-12-6-8-18-13(12)5-7-15-14/h5-8,10-11,17H,1-4,9H2,(H,15,16). The summed E-state index contributed by atoms with van der Waals surface area (Å²) in [7, 11) is 0. The predicted octanol–water partition coefficient (Wildman–Crippen LogP) is 3.26. The average molecular weight is 262 g/mol. The number of anilines is 1. The first-order valence-electron chi connectivity index (χ1n) is 6.57. The molecule has 96 valence electrons. The molecule has 0 spiro atoms. The number of hydrogen-bond donors (Lipinski definition) is 2. The fraction of sp³-hybridized carbons (Fsp3) is 0.500. The van der Waals surface area contributed by atoms with Gasteiger partial charge >= 0.3 is 0 Å². The van der Waals surface area contributed by atoms with Gasteiger partial charge in [0, 0.05) is 22.8 Å². The Bertz CT molecular complexity index is 517. The van der Waals surface area contributed by atoms with Crippen molar-refractivity contribution in [2.75, 3.05) is 11.9 Å². The van der Waals surface area contributed by atoms with Crippen molar-refractivity contribution in [1.82, 2.24) is 4.98 Å². The number of nitrogens with one attached hydrogen (secondary N) is 1. The number of hydrogen-bond acceptors (Lipinski definition) is 4. The first kappa shape index (κ1) is 11.9. The minimum absolute atomic E-state index is 0.0697. The minimum atomic E-state index is -0.0697. The molecular formula is C14H18N2OS. The van der Waals surface area contributed by atoms with Crippen LogP contribution in [0.1, 0.15) is 25.7 Å². The normalized spacial score (nSPS) is 24.3. The average Bonchev–Trinajstić information content (AvgIpc) is 2.87. The minimum Gasteiger partial charge on any atom is -0.393 e. The molecule has 2 heterocycles. The second-order valence-electron chi connectivity index (χ2n) is 5.05. The van der Waals surface area contributed by atoms with Crippen LogP contribution >= 0.6 is 11.3 Å². The number of aromatic nitrogens is 1. The largest absolute Gasteiger partial charge is 0.393 e. The van der Waals surface area contributed by atoms with Gasteiger partial charge in [-0.15, -0.1) is 11.3 Å². The Morgan fingerprint density at radius 3 is 2.94 bits per heavy atom. The number of rotatable bonds is 3. The SMILES string of the molecule is OC1CCC(CNc2nccc3sccc23)CC1. The summed E-state index contributed by atoms with van der Waals surface area (Å²) in [6.45, 7) is 0.967. The highest BCUT2D eigenvalue weighted by atomic mass is 32.1. The highest BCUT2D eigenvalue weighted by Crippen LogP contribution is 2.28. The van der Waals surface area contributed by atoms with Crippen LogP contribution in [0.25, 0.3) is 10.1 Å². The van der Waals surface area contributed by atoms with Crippen LogP contribution in [0.5, 0.6) is 0 Å². The van der Waals surface area contributed by atoms with Crippen molar-refractivity contribution in [3.05, 3.63) is 23.7 Å². The second kappa shape index (κ2) is 5.24. The van der Waals surface area contributed by atoms with Gasteiger partial charge in [-0.25, -0.2) is 4.98 Å². The quantitative estimate of drug-likeness (QED) is 0.892. The second-order valence-corrected chi connectivity index (χ2v) is 6.00. The lowest BCUT2D eigenvalue weighted by Gasteiger charge is -2.25. The Labute approximate surface area is 111 Å². The molecule has 3 nitrogen and oxygen atoms in total. The molecule has 1 fully saturated rings. The highest BCUT2D eigenvalue weighted by Gasteiger charge is 2.19. The summed E-state index contributed by atoms with van der Waals surface area (Å²) in [5.41, 5.74) is 0. The molecule has 0 aromatic carbocycles. The zero-order valence-corrected chi connectivity index (χ0v) is 11.1. The number of pyridine rings is 1. The molecule has 1 aliphatic carbocycles. The first-order chi connectivity index (χ1) is 8.83. The van der Waals surface area contributed by atoms with Gasteiger partial charge in [0.15, 0.2) is 0 Å². The van der Waals surface area contributed by atoms with E-state index in [1.807, 2.05) is 6.20 Å². The third-order valence-corrected chi connectivity index (χ3v) is 4.64. The van der Waals surface area contributed by atoms with Gasteiger partial charge in [-0.3, -0.25) is 0 Å². The van der Waals surface area contributed by atoms with E-state index in [9.17, 15) is 5.11 Å². The molecule has 2 N–H and O–H groups in total. The van der Waals surface area contributed by atoms with Crippen molar-refractivity contribution in [2.45, 2.75) is 31.8 Å². The maximum Gasteiger partial charge on any atom is 0.134 e. The number of aliphatic hydroxyl groups excluding tert-OH is 1. The molecule has 0 aliphatic heterocycles. The lowest BCUT2D eigenvalue weighted by Crippen LogP contribution is -2.23. The van der Waals surface area contributed by atoms with Crippen molar-refractivity contribution in [2.24, 2.45) is 5.92 Å². The Balaban J connectivity index is 1.64. The highest BCUT2D eigenvalue weighted by molar-refractivity contribution is 7.17. The van der Waals surface area contributed by atoms with Crippen LogP contribution in [-0.4, -0.2) is 22.7 Å². The van der Waals surface area contributed by atoms with E-state index in [2.05, 4.69) is 27.8 Å². The Kier molecular flexibility index (Phi) is 3.48. The number of nitrogens with zero attached hydrogens (tertiary/aromatic N) is 1. The third kappa shape index (κ3) is 2.49. The van der Waals surface area contributed by atoms with E-state index >= 15 is 0 Å². The number of aliphatic hydroxyl groups is 1. The van der Waals surface area contributed by atoms with E-state index in [0.717, 1.165) is 38.0 Å². The lowest BCUT2D eigenvalue weighted by molar-refractivity contribution is 0.111. The lowest BCUT2D eigenvalue weighted by atomic mass is 9.87. The molecule has 0 bridgehead atoms. The molecule has 0 atom stereocenters. The molecule has 2 aromatic rings. The Hall–Kier alpha value is -1.13. The van der Waals surface area contributed by atoms with Crippen molar-refractivity contribution < 1.29 is 5.11 Å². The van der Waals surface area contributed by atoms with Crippen molar-refractivity contribution in [3.8, 4) is 0 Å². The summed E-state index contributed by atoms with van der Waals surface area (Å²) in [5.74, 6) is 1.67.